The Kier molecular flexibility index (Phi) is 3.08. The van der Waals surface area contributed by atoms with Gasteiger partial charge in [-0.1, -0.05) is 0 Å². The Morgan fingerprint density at radius 3 is 2.80 bits per heavy atom. The van der Waals surface area contributed by atoms with Crippen LogP contribution in [0, 0.1) is 21.4 Å². The zero-order chi connectivity index (χ0) is 11.4. The summed E-state index contributed by atoms with van der Waals surface area (Å²) < 4.78 is 5.09. The highest BCUT2D eigenvalue weighted by Crippen LogP contribution is 2.30. The van der Waals surface area contributed by atoms with E-state index in [2.05, 4.69) is 0 Å². The Labute approximate surface area is 86.0 Å². The highest BCUT2D eigenvalue weighted by molar-refractivity contribution is 5.67. The van der Waals surface area contributed by atoms with Crippen molar-refractivity contribution in [3.05, 3.63) is 27.8 Å². The molecule has 0 radical (unpaired) electrons. The first-order chi connectivity index (χ1) is 7.10. The normalized spacial score (nSPS) is 9.33. The number of non-ortho nitro benzene ring substituents is 1. The van der Waals surface area contributed by atoms with Crippen LogP contribution in [0.15, 0.2) is 12.1 Å². The summed E-state index contributed by atoms with van der Waals surface area (Å²) in [6.45, 7) is 2.06. The molecule has 78 valence electrons. The molecule has 0 amide bonds. The lowest BCUT2D eigenvalue weighted by Crippen LogP contribution is -2.01. The van der Waals surface area contributed by atoms with E-state index in [4.69, 9.17) is 15.7 Å². The Morgan fingerprint density at radius 2 is 2.33 bits per heavy atom. The number of benzene rings is 1. The minimum absolute atomic E-state index is 0.0488. The lowest BCUT2D eigenvalue weighted by Gasteiger charge is -2.07. The molecular weight excluding hydrogens is 198 g/mol. The average Bonchev–Trinajstić information content (AvgIpc) is 2.21. The molecule has 0 atom stereocenters. The fourth-order valence-corrected chi connectivity index (χ4v) is 1.08. The summed E-state index contributed by atoms with van der Waals surface area (Å²) in [5, 5.41) is 19.2. The number of nitro benzene ring substituents is 1. The van der Waals surface area contributed by atoms with Crippen LogP contribution in [0.25, 0.3) is 0 Å². The number of anilines is 1. The zero-order valence-electron chi connectivity index (χ0n) is 8.06. The maximum absolute atomic E-state index is 10.5. The Bertz CT molecular complexity index is 437. The molecule has 0 unspecified atom stereocenters. The lowest BCUT2D eigenvalue weighted by molar-refractivity contribution is -0.384. The maximum atomic E-state index is 10.5. The fraction of sp³-hybridized carbons (Fsp3) is 0.222. The number of nitrogens with two attached hydrogens (primary N) is 1. The van der Waals surface area contributed by atoms with Crippen molar-refractivity contribution in [1.82, 2.24) is 0 Å². The number of nitro groups is 1. The summed E-state index contributed by atoms with van der Waals surface area (Å²) in [5.41, 5.74) is 5.55. The lowest BCUT2D eigenvalue weighted by atomic mass is 10.1. The van der Waals surface area contributed by atoms with Crippen LogP contribution in [0.3, 0.4) is 0 Å². The first-order valence-corrected chi connectivity index (χ1v) is 4.21. The van der Waals surface area contributed by atoms with E-state index in [-0.39, 0.29) is 22.7 Å². The third-order valence-electron chi connectivity index (χ3n) is 1.76. The van der Waals surface area contributed by atoms with Crippen LogP contribution >= 0.6 is 0 Å². The van der Waals surface area contributed by atoms with Gasteiger partial charge in [0.25, 0.3) is 5.69 Å². The van der Waals surface area contributed by atoms with Crippen LogP contribution in [0.5, 0.6) is 5.75 Å². The predicted molar refractivity (Wildman–Crippen MR) is 53.4 cm³/mol. The molecule has 0 spiro atoms. The molecule has 0 heterocycles. The Balaban J connectivity index is 3.33. The molecule has 1 aromatic rings. The summed E-state index contributed by atoms with van der Waals surface area (Å²) in [6.07, 6.45) is 0. The van der Waals surface area contributed by atoms with Crippen LogP contribution in [0.4, 0.5) is 11.4 Å². The summed E-state index contributed by atoms with van der Waals surface area (Å²) in [7, 11) is 0. The van der Waals surface area contributed by atoms with Crippen molar-refractivity contribution >= 4 is 11.4 Å². The second-order valence-corrected chi connectivity index (χ2v) is 2.71. The molecule has 6 heteroatoms. The van der Waals surface area contributed by atoms with E-state index in [1.54, 1.807) is 13.0 Å². The quantitative estimate of drug-likeness (QED) is 0.459. The van der Waals surface area contributed by atoms with Gasteiger partial charge in [-0.2, -0.15) is 5.26 Å². The average molecular weight is 207 g/mol. The second-order valence-electron chi connectivity index (χ2n) is 2.71. The molecule has 0 saturated carbocycles. The molecule has 0 fully saturated rings. The van der Waals surface area contributed by atoms with Gasteiger partial charge in [-0.15, -0.1) is 0 Å². The van der Waals surface area contributed by atoms with E-state index in [0.717, 1.165) is 6.07 Å². The van der Waals surface area contributed by atoms with Gasteiger partial charge < -0.3 is 10.5 Å². The fourth-order valence-electron chi connectivity index (χ4n) is 1.08. The van der Waals surface area contributed by atoms with Crippen LogP contribution in [0.2, 0.25) is 0 Å². The smallest absolute Gasteiger partial charge is 0.274 e. The van der Waals surface area contributed by atoms with Gasteiger partial charge in [0.1, 0.15) is 11.8 Å². The SMILES string of the molecule is CCOc1cc([N+](=O)[O-])cc(C#N)c1N. The molecule has 0 aliphatic heterocycles. The predicted octanol–water partition coefficient (Wildman–Crippen LogP) is 1.45. The highest BCUT2D eigenvalue weighted by Gasteiger charge is 2.15. The largest absolute Gasteiger partial charge is 0.491 e. The van der Waals surface area contributed by atoms with Gasteiger partial charge >= 0.3 is 0 Å². The highest BCUT2D eigenvalue weighted by atomic mass is 16.6. The van der Waals surface area contributed by atoms with Gasteiger partial charge in [-0.25, -0.2) is 0 Å². The van der Waals surface area contributed by atoms with E-state index in [1.807, 2.05) is 0 Å². The van der Waals surface area contributed by atoms with Crippen molar-refractivity contribution in [3.63, 3.8) is 0 Å². The van der Waals surface area contributed by atoms with E-state index < -0.39 is 4.92 Å². The van der Waals surface area contributed by atoms with E-state index in [9.17, 15) is 10.1 Å². The Morgan fingerprint density at radius 1 is 1.67 bits per heavy atom. The Hall–Kier alpha value is -2.29. The third kappa shape index (κ3) is 2.14. The number of nitrogens with zero attached hydrogens (tertiary/aromatic N) is 2. The molecule has 1 rings (SSSR count). The number of hydrogen-bond donors (Lipinski definition) is 1. The molecular formula is C9H9N3O3. The van der Waals surface area contributed by atoms with Crippen molar-refractivity contribution in [2.75, 3.05) is 12.3 Å². The summed E-state index contributed by atoms with van der Waals surface area (Å²) in [6, 6.07) is 4.11. The van der Waals surface area contributed by atoms with Crippen LogP contribution in [0.1, 0.15) is 12.5 Å². The number of nitriles is 1. The first-order valence-electron chi connectivity index (χ1n) is 4.21. The molecule has 0 saturated heterocycles. The molecule has 0 bridgehead atoms. The summed E-state index contributed by atoms with van der Waals surface area (Å²) in [5.74, 6) is 0.170. The molecule has 2 N–H and O–H groups in total. The second kappa shape index (κ2) is 4.28. The molecule has 15 heavy (non-hydrogen) atoms. The number of hydrogen-bond acceptors (Lipinski definition) is 5. The molecule has 6 nitrogen and oxygen atoms in total. The topological polar surface area (TPSA) is 102 Å². The van der Waals surface area contributed by atoms with Crippen molar-refractivity contribution in [2.24, 2.45) is 0 Å². The van der Waals surface area contributed by atoms with Crippen molar-refractivity contribution in [3.8, 4) is 11.8 Å². The summed E-state index contributed by atoms with van der Waals surface area (Å²) in [4.78, 5) is 9.94. The molecule has 0 aromatic heterocycles. The zero-order valence-corrected chi connectivity index (χ0v) is 8.06. The summed E-state index contributed by atoms with van der Waals surface area (Å²) >= 11 is 0. The molecule has 0 aliphatic carbocycles. The van der Waals surface area contributed by atoms with Crippen LogP contribution < -0.4 is 10.5 Å². The van der Waals surface area contributed by atoms with Crippen molar-refractivity contribution < 1.29 is 9.66 Å². The van der Waals surface area contributed by atoms with Gasteiger partial charge in [0.2, 0.25) is 0 Å². The van der Waals surface area contributed by atoms with Gasteiger partial charge in [0.05, 0.1) is 28.8 Å². The van der Waals surface area contributed by atoms with Crippen LogP contribution in [-0.2, 0) is 0 Å². The van der Waals surface area contributed by atoms with Gasteiger partial charge in [-0.05, 0) is 6.92 Å². The van der Waals surface area contributed by atoms with Gasteiger partial charge in [0, 0.05) is 6.07 Å². The number of nitrogen functional groups attached to an aromatic ring is 1. The minimum atomic E-state index is -0.594. The minimum Gasteiger partial charge on any atom is -0.491 e. The standard InChI is InChI=1S/C9H9N3O3/c1-2-15-8-4-7(12(13)14)3-6(5-10)9(8)11/h3-4H,2,11H2,1H3. The van der Waals surface area contributed by atoms with Crippen molar-refractivity contribution in [1.29, 1.82) is 5.26 Å². The van der Waals surface area contributed by atoms with Crippen LogP contribution in [-0.4, -0.2) is 11.5 Å². The molecule has 1 aromatic carbocycles. The number of rotatable bonds is 3. The van der Waals surface area contributed by atoms with E-state index in [0.29, 0.717) is 6.61 Å². The van der Waals surface area contributed by atoms with E-state index in [1.165, 1.54) is 6.07 Å². The maximum Gasteiger partial charge on any atom is 0.274 e. The monoisotopic (exact) mass is 207 g/mol. The third-order valence-corrected chi connectivity index (χ3v) is 1.76. The number of ether oxygens (including phenoxy) is 1. The van der Waals surface area contributed by atoms with Gasteiger partial charge in [0.15, 0.2) is 0 Å². The first kappa shape index (κ1) is 10.8. The van der Waals surface area contributed by atoms with E-state index >= 15 is 0 Å². The van der Waals surface area contributed by atoms with Crippen molar-refractivity contribution in [2.45, 2.75) is 6.92 Å². The van der Waals surface area contributed by atoms with Gasteiger partial charge in [-0.3, -0.25) is 10.1 Å². The molecule has 0 aliphatic rings.